The van der Waals surface area contributed by atoms with E-state index in [1.165, 1.54) is 0 Å². The van der Waals surface area contributed by atoms with E-state index in [9.17, 15) is 0 Å². The Morgan fingerprint density at radius 2 is 1.75 bits per heavy atom. The Morgan fingerprint density at radius 3 is 1.83 bits per heavy atom. The lowest BCUT2D eigenvalue weighted by Gasteiger charge is -2.40. The van der Waals surface area contributed by atoms with Crippen LogP contribution in [0.4, 0.5) is 0 Å². The van der Waals surface area contributed by atoms with Crippen LogP contribution in [0.3, 0.4) is 0 Å². The molecule has 0 bridgehead atoms. The van der Waals surface area contributed by atoms with Gasteiger partial charge in [-0.2, -0.15) is 0 Å². The smallest absolute Gasteiger partial charge is 0.234 e. The molecule has 1 N–H and O–H groups in total. The summed E-state index contributed by atoms with van der Waals surface area (Å²) in [6.07, 6.45) is 0. The van der Waals surface area contributed by atoms with Crippen LogP contribution in [0.15, 0.2) is 0 Å². The highest BCUT2D eigenvalue weighted by Crippen LogP contribution is 2.43. The van der Waals surface area contributed by atoms with Crippen molar-refractivity contribution < 1.29 is 0 Å². The van der Waals surface area contributed by atoms with Crippen LogP contribution in [0.5, 0.6) is 0 Å². The third-order valence-corrected chi connectivity index (χ3v) is 10.4. The topological polar surface area (TPSA) is 12.0 Å². The molecule has 0 heterocycles. The zero-order valence-corrected chi connectivity index (χ0v) is 10.9. The van der Waals surface area contributed by atoms with Gasteiger partial charge in [0.1, 0.15) is 0 Å². The molecule has 0 saturated carbocycles. The molecule has 0 radical (unpaired) electrons. The fourth-order valence-corrected chi connectivity index (χ4v) is 5.18. The van der Waals surface area contributed by atoms with E-state index in [-0.39, 0.29) is 5.04 Å². The second-order valence-corrected chi connectivity index (χ2v) is 10.9. The van der Waals surface area contributed by atoms with Gasteiger partial charge < -0.3 is 4.98 Å². The third-order valence-electron chi connectivity index (χ3n) is 2.32. The van der Waals surface area contributed by atoms with Crippen LogP contribution >= 0.6 is 11.1 Å². The molecule has 0 aliphatic rings. The maximum Gasteiger partial charge on any atom is 0.234 e. The molecule has 1 unspecified atom stereocenters. The van der Waals surface area contributed by atoms with Crippen molar-refractivity contribution in [2.24, 2.45) is 0 Å². The van der Waals surface area contributed by atoms with Crippen molar-refractivity contribution >= 4 is 18.6 Å². The SMILES string of the molecule is CCN[Si](Cl)(C(C)C)C(C)(C)C. The molecule has 74 valence electrons. The van der Waals surface area contributed by atoms with Crippen molar-refractivity contribution in [3.8, 4) is 0 Å². The lowest BCUT2D eigenvalue weighted by Crippen LogP contribution is -2.54. The predicted octanol–water partition coefficient (Wildman–Crippen LogP) is 3.49. The second kappa shape index (κ2) is 4.12. The monoisotopic (exact) mass is 207 g/mol. The van der Waals surface area contributed by atoms with Gasteiger partial charge in [0.2, 0.25) is 7.55 Å². The molecule has 12 heavy (non-hydrogen) atoms. The summed E-state index contributed by atoms with van der Waals surface area (Å²) in [4.78, 5) is 3.50. The van der Waals surface area contributed by atoms with E-state index >= 15 is 0 Å². The Balaban J connectivity index is 4.62. The first-order valence-electron chi connectivity index (χ1n) is 4.69. The van der Waals surface area contributed by atoms with Gasteiger partial charge in [0.15, 0.2) is 0 Å². The minimum Gasteiger partial charge on any atom is -0.325 e. The average molecular weight is 208 g/mol. The van der Waals surface area contributed by atoms with Gasteiger partial charge in [0.05, 0.1) is 0 Å². The van der Waals surface area contributed by atoms with Crippen LogP contribution < -0.4 is 4.98 Å². The highest BCUT2D eigenvalue weighted by molar-refractivity contribution is 7.21. The summed E-state index contributed by atoms with van der Waals surface area (Å²) >= 11 is 6.68. The van der Waals surface area contributed by atoms with Crippen molar-refractivity contribution in [1.82, 2.24) is 4.98 Å². The van der Waals surface area contributed by atoms with Crippen molar-refractivity contribution in [3.05, 3.63) is 0 Å². The molecule has 3 heteroatoms. The van der Waals surface area contributed by atoms with E-state index in [0.29, 0.717) is 5.54 Å². The molecular weight excluding hydrogens is 186 g/mol. The summed E-state index contributed by atoms with van der Waals surface area (Å²) in [7, 11) is -1.81. The zero-order chi connectivity index (χ0) is 9.99. The Bertz CT molecular complexity index is 142. The Hall–Kier alpha value is 0.467. The Morgan fingerprint density at radius 1 is 1.33 bits per heavy atom. The van der Waals surface area contributed by atoms with Crippen molar-refractivity contribution in [2.75, 3.05) is 6.54 Å². The molecule has 0 aliphatic carbocycles. The van der Waals surface area contributed by atoms with Crippen LogP contribution in [0.1, 0.15) is 41.5 Å². The highest BCUT2D eigenvalue weighted by Gasteiger charge is 2.45. The number of hydrogen-bond acceptors (Lipinski definition) is 1. The lowest BCUT2D eigenvalue weighted by molar-refractivity contribution is 0.674. The van der Waals surface area contributed by atoms with E-state index in [0.717, 1.165) is 6.54 Å². The number of nitrogens with one attached hydrogen (secondary N) is 1. The quantitative estimate of drug-likeness (QED) is 0.552. The molecule has 0 fully saturated rings. The minimum atomic E-state index is -1.81. The van der Waals surface area contributed by atoms with E-state index in [1.54, 1.807) is 0 Å². The first kappa shape index (κ1) is 12.5. The van der Waals surface area contributed by atoms with Crippen LogP contribution in [0.2, 0.25) is 10.6 Å². The number of halogens is 1. The Labute approximate surface area is 82.7 Å². The summed E-state index contributed by atoms with van der Waals surface area (Å²) in [5.74, 6) is 0. The van der Waals surface area contributed by atoms with Gasteiger partial charge in [0, 0.05) is 0 Å². The predicted molar refractivity (Wildman–Crippen MR) is 60.1 cm³/mol. The van der Waals surface area contributed by atoms with Gasteiger partial charge >= 0.3 is 0 Å². The van der Waals surface area contributed by atoms with Gasteiger partial charge in [-0.15, -0.1) is 11.1 Å². The van der Waals surface area contributed by atoms with Crippen LogP contribution in [-0.4, -0.2) is 14.1 Å². The zero-order valence-electron chi connectivity index (χ0n) is 9.16. The molecule has 0 rings (SSSR count). The summed E-state index contributed by atoms with van der Waals surface area (Å²) in [5, 5.41) is 0.221. The fourth-order valence-electron chi connectivity index (χ4n) is 1.59. The third kappa shape index (κ3) is 2.48. The minimum absolute atomic E-state index is 0.221. The van der Waals surface area contributed by atoms with E-state index in [4.69, 9.17) is 11.1 Å². The molecule has 0 saturated heterocycles. The van der Waals surface area contributed by atoms with E-state index in [2.05, 4.69) is 46.5 Å². The summed E-state index contributed by atoms with van der Waals surface area (Å²) in [5.41, 5.74) is 0.569. The average Bonchev–Trinajstić information content (AvgIpc) is 1.85. The first-order chi connectivity index (χ1) is 5.25. The maximum absolute atomic E-state index is 6.68. The Kier molecular flexibility index (Phi) is 4.28. The molecule has 1 nitrogen and oxygen atoms in total. The van der Waals surface area contributed by atoms with Crippen LogP contribution in [-0.2, 0) is 0 Å². The van der Waals surface area contributed by atoms with Gasteiger partial charge in [-0.05, 0) is 17.1 Å². The normalized spacial score (nSPS) is 18.0. The molecule has 1 atom stereocenters. The molecule has 0 aliphatic heterocycles. The van der Waals surface area contributed by atoms with E-state index in [1.807, 2.05) is 0 Å². The van der Waals surface area contributed by atoms with Gasteiger partial charge in [-0.25, -0.2) is 0 Å². The summed E-state index contributed by atoms with van der Waals surface area (Å²) in [6.45, 7) is 14.2. The summed E-state index contributed by atoms with van der Waals surface area (Å²) < 4.78 is 0. The summed E-state index contributed by atoms with van der Waals surface area (Å²) in [6, 6.07) is 0. The van der Waals surface area contributed by atoms with Crippen molar-refractivity contribution in [3.63, 3.8) is 0 Å². The number of hydrogen-bond donors (Lipinski definition) is 1. The molecule has 0 spiro atoms. The fraction of sp³-hybridized carbons (Fsp3) is 1.00. The number of rotatable bonds is 3. The highest BCUT2D eigenvalue weighted by atomic mass is 35.6. The molecule has 0 aromatic carbocycles. The van der Waals surface area contributed by atoms with Crippen molar-refractivity contribution in [1.29, 1.82) is 0 Å². The molecular formula is C9H22ClNSi. The standard InChI is InChI=1S/C9H22ClNSi/c1-7-11-12(10,8(2)3)9(4,5)6/h8,11H,7H2,1-6H3. The molecule has 0 amide bonds. The van der Waals surface area contributed by atoms with Crippen molar-refractivity contribution in [2.45, 2.75) is 52.1 Å². The lowest BCUT2D eigenvalue weighted by atomic mass is 10.2. The molecule has 0 aromatic rings. The van der Waals surface area contributed by atoms with E-state index < -0.39 is 7.55 Å². The van der Waals surface area contributed by atoms with Crippen LogP contribution in [0, 0.1) is 0 Å². The van der Waals surface area contributed by atoms with Gasteiger partial charge in [-0.1, -0.05) is 41.5 Å². The van der Waals surface area contributed by atoms with Gasteiger partial charge in [-0.3, -0.25) is 0 Å². The largest absolute Gasteiger partial charge is 0.325 e. The van der Waals surface area contributed by atoms with Crippen LogP contribution in [0.25, 0.3) is 0 Å². The first-order valence-corrected chi connectivity index (χ1v) is 7.78. The second-order valence-electron chi connectivity index (χ2n) is 4.65. The maximum atomic E-state index is 6.68. The molecule has 0 aromatic heterocycles. The van der Waals surface area contributed by atoms with Gasteiger partial charge in [0.25, 0.3) is 0 Å².